The summed E-state index contributed by atoms with van der Waals surface area (Å²) in [6.45, 7) is 1.54. The first-order valence-electron chi connectivity index (χ1n) is 7.40. The minimum absolute atomic E-state index is 0.0398. The van der Waals surface area contributed by atoms with Gasteiger partial charge in [-0.15, -0.1) is 11.3 Å². The van der Waals surface area contributed by atoms with Crippen LogP contribution in [0.4, 0.5) is 11.8 Å². The van der Waals surface area contributed by atoms with E-state index in [0.29, 0.717) is 12.5 Å². The van der Waals surface area contributed by atoms with Crippen LogP contribution in [-0.4, -0.2) is 44.1 Å². The molecule has 4 heterocycles. The zero-order chi connectivity index (χ0) is 15.6. The fraction of sp³-hybridized carbons (Fsp3) is 0.357. The Balaban J connectivity index is 1.53. The van der Waals surface area contributed by atoms with E-state index in [9.17, 15) is 4.79 Å². The normalized spacial score (nSPS) is 18.3. The fourth-order valence-electron chi connectivity index (χ4n) is 2.90. The number of thiophene rings is 1. The number of amides is 1. The second kappa shape index (κ2) is 5.92. The molecule has 1 aliphatic heterocycles. The number of rotatable bonds is 3. The van der Waals surface area contributed by atoms with E-state index in [1.165, 1.54) is 6.33 Å². The van der Waals surface area contributed by atoms with Crippen molar-refractivity contribution in [1.82, 2.24) is 25.1 Å². The Hall–Kier alpha value is -2.55. The van der Waals surface area contributed by atoms with Crippen molar-refractivity contribution in [3.8, 4) is 0 Å². The number of piperidine rings is 1. The molecular weight excluding hydrogens is 314 g/mol. The molecule has 1 unspecified atom stereocenters. The van der Waals surface area contributed by atoms with Crippen LogP contribution in [0.3, 0.4) is 0 Å². The minimum Gasteiger partial charge on any atom is -0.355 e. The van der Waals surface area contributed by atoms with Crippen LogP contribution in [-0.2, 0) is 4.79 Å². The minimum atomic E-state index is -0.0995. The van der Waals surface area contributed by atoms with Crippen molar-refractivity contribution in [2.75, 3.05) is 23.3 Å². The molecule has 118 valence electrons. The molecular formula is C14H15N7OS. The van der Waals surface area contributed by atoms with Crippen molar-refractivity contribution < 1.29 is 4.79 Å². The number of anilines is 2. The Kier molecular flexibility index (Phi) is 3.62. The topological polar surface area (TPSA) is 99.7 Å². The highest BCUT2D eigenvalue weighted by Crippen LogP contribution is 2.30. The molecule has 0 radical (unpaired) electrons. The van der Waals surface area contributed by atoms with Crippen LogP contribution in [0.1, 0.15) is 12.8 Å². The average Bonchev–Trinajstić information content (AvgIpc) is 3.25. The SMILES string of the molecule is O=C(Nc1ncn[nH]1)C1CCCN(c2ncnc3sccc23)C1. The second-order valence-corrected chi connectivity index (χ2v) is 6.34. The highest BCUT2D eigenvalue weighted by atomic mass is 32.1. The molecule has 23 heavy (non-hydrogen) atoms. The summed E-state index contributed by atoms with van der Waals surface area (Å²) >= 11 is 1.60. The number of H-pyrrole nitrogens is 1. The summed E-state index contributed by atoms with van der Waals surface area (Å²) in [6.07, 6.45) is 4.77. The summed E-state index contributed by atoms with van der Waals surface area (Å²) in [7, 11) is 0. The fourth-order valence-corrected chi connectivity index (χ4v) is 3.62. The van der Waals surface area contributed by atoms with Gasteiger partial charge in [-0.1, -0.05) is 0 Å². The number of aromatic amines is 1. The van der Waals surface area contributed by atoms with E-state index in [-0.39, 0.29) is 11.8 Å². The van der Waals surface area contributed by atoms with E-state index < -0.39 is 0 Å². The van der Waals surface area contributed by atoms with Crippen molar-refractivity contribution in [1.29, 1.82) is 0 Å². The molecule has 8 nitrogen and oxygen atoms in total. The third-order valence-electron chi connectivity index (χ3n) is 3.99. The van der Waals surface area contributed by atoms with Crippen molar-refractivity contribution in [3.05, 3.63) is 24.1 Å². The molecule has 0 aromatic carbocycles. The Morgan fingerprint density at radius 2 is 2.30 bits per heavy atom. The third kappa shape index (κ3) is 2.74. The maximum atomic E-state index is 12.4. The van der Waals surface area contributed by atoms with Crippen molar-refractivity contribution in [2.45, 2.75) is 12.8 Å². The summed E-state index contributed by atoms with van der Waals surface area (Å²) in [5.74, 6) is 1.15. The standard InChI is InChI=1S/C14H15N7OS/c22-12(19-14-17-8-18-20-14)9-2-1-4-21(6-9)11-10-3-5-23-13(10)16-7-15-11/h3,5,7-9H,1-2,4,6H2,(H2,17,18,19,20,22). The van der Waals surface area contributed by atoms with Crippen LogP contribution in [0.25, 0.3) is 10.2 Å². The first kappa shape index (κ1) is 14.1. The Bertz CT molecular complexity index is 816. The van der Waals surface area contributed by atoms with Gasteiger partial charge < -0.3 is 4.90 Å². The number of nitrogens with zero attached hydrogens (tertiary/aromatic N) is 5. The summed E-state index contributed by atoms with van der Waals surface area (Å²) in [6, 6.07) is 2.04. The van der Waals surface area contributed by atoms with Gasteiger partial charge in [-0.05, 0) is 24.3 Å². The molecule has 0 bridgehead atoms. The smallest absolute Gasteiger partial charge is 0.231 e. The van der Waals surface area contributed by atoms with E-state index >= 15 is 0 Å². The number of hydrogen-bond donors (Lipinski definition) is 2. The predicted molar refractivity (Wildman–Crippen MR) is 87.4 cm³/mol. The van der Waals surface area contributed by atoms with Gasteiger partial charge in [0.1, 0.15) is 23.3 Å². The Morgan fingerprint density at radius 3 is 3.17 bits per heavy atom. The quantitative estimate of drug-likeness (QED) is 0.758. The van der Waals surface area contributed by atoms with Crippen LogP contribution < -0.4 is 10.2 Å². The zero-order valence-electron chi connectivity index (χ0n) is 12.3. The first-order valence-corrected chi connectivity index (χ1v) is 8.28. The number of carbonyl (C=O) groups is 1. The maximum Gasteiger partial charge on any atom is 0.231 e. The van der Waals surface area contributed by atoms with E-state index in [2.05, 4.69) is 35.4 Å². The number of carbonyl (C=O) groups excluding carboxylic acids is 1. The maximum absolute atomic E-state index is 12.4. The van der Waals surface area contributed by atoms with Gasteiger partial charge >= 0.3 is 0 Å². The van der Waals surface area contributed by atoms with Gasteiger partial charge in [-0.25, -0.2) is 15.1 Å². The number of fused-ring (bicyclic) bond motifs is 1. The lowest BCUT2D eigenvalue weighted by atomic mass is 9.97. The van der Waals surface area contributed by atoms with Gasteiger partial charge in [-0.3, -0.25) is 10.1 Å². The Labute approximate surface area is 136 Å². The summed E-state index contributed by atoms with van der Waals surface area (Å²) in [4.78, 5) is 28.2. The molecule has 1 aliphatic rings. The molecule has 3 aromatic heterocycles. The molecule has 0 saturated carbocycles. The lowest BCUT2D eigenvalue weighted by Crippen LogP contribution is -2.41. The molecule has 0 spiro atoms. The molecule has 1 atom stereocenters. The van der Waals surface area contributed by atoms with Crippen LogP contribution in [0.2, 0.25) is 0 Å². The molecule has 1 fully saturated rings. The van der Waals surface area contributed by atoms with E-state index in [4.69, 9.17) is 0 Å². The highest BCUT2D eigenvalue weighted by Gasteiger charge is 2.28. The third-order valence-corrected chi connectivity index (χ3v) is 4.81. The van der Waals surface area contributed by atoms with Gasteiger partial charge in [0, 0.05) is 13.1 Å². The van der Waals surface area contributed by atoms with Crippen LogP contribution in [0.15, 0.2) is 24.1 Å². The van der Waals surface area contributed by atoms with E-state index in [1.807, 2.05) is 11.4 Å². The number of hydrogen-bond acceptors (Lipinski definition) is 7. The lowest BCUT2D eigenvalue weighted by Gasteiger charge is -2.32. The van der Waals surface area contributed by atoms with Crippen LogP contribution >= 0.6 is 11.3 Å². The lowest BCUT2D eigenvalue weighted by molar-refractivity contribution is -0.120. The highest BCUT2D eigenvalue weighted by molar-refractivity contribution is 7.16. The van der Waals surface area contributed by atoms with E-state index in [0.717, 1.165) is 35.4 Å². The monoisotopic (exact) mass is 329 g/mol. The van der Waals surface area contributed by atoms with Gasteiger partial charge in [0.05, 0.1) is 11.3 Å². The molecule has 2 N–H and O–H groups in total. The largest absolute Gasteiger partial charge is 0.355 e. The second-order valence-electron chi connectivity index (χ2n) is 5.45. The molecule has 3 aromatic rings. The average molecular weight is 329 g/mol. The predicted octanol–water partition coefficient (Wildman–Crippen LogP) is 1.66. The van der Waals surface area contributed by atoms with Crippen molar-refractivity contribution in [2.24, 2.45) is 5.92 Å². The van der Waals surface area contributed by atoms with E-state index in [1.54, 1.807) is 17.7 Å². The molecule has 9 heteroatoms. The van der Waals surface area contributed by atoms with Gasteiger partial charge in [-0.2, -0.15) is 10.1 Å². The summed E-state index contributed by atoms with van der Waals surface area (Å²) < 4.78 is 0. The van der Waals surface area contributed by atoms with Crippen LogP contribution in [0, 0.1) is 5.92 Å². The molecule has 0 aliphatic carbocycles. The van der Waals surface area contributed by atoms with Crippen LogP contribution in [0.5, 0.6) is 0 Å². The molecule has 1 saturated heterocycles. The zero-order valence-corrected chi connectivity index (χ0v) is 13.1. The number of aromatic nitrogens is 5. The van der Waals surface area contributed by atoms with Crippen molar-refractivity contribution >= 4 is 39.2 Å². The molecule has 1 amide bonds. The van der Waals surface area contributed by atoms with Crippen molar-refractivity contribution in [3.63, 3.8) is 0 Å². The van der Waals surface area contributed by atoms with Gasteiger partial charge in [0.25, 0.3) is 0 Å². The summed E-state index contributed by atoms with van der Waals surface area (Å²) in [5.41, 5.74) is 0. The Morgan fingerprint density at radius 1 is 1.35 bits per heavy atom. The van der Waals surface area contributed by atoms with Gasteiger partial charge in [0.2, 0.25) is 11.9 Å². The van der Waals surface area contributed by atoms with Gasteiger partial charge in [0.15, 0.2) is 0 Å². The first-order chi connectivity index (χ1) is 11.3. The number of nitrogens with one attached hydrogen (secondary N) is 2. The molecule has 4 rings (SSSR count). The summed E-state index contributed by atoms with van der Waals surface area (Å²) in [5, 5.41) is 12.2.